The van der Waals surface area contributed by atoms with Crippen molar-refractivity contribution in [2.75, 3.05) is 0 Å². The zero-order valence-corrected chi connectivity index (χ0v) is 14.6. The molecule has 5 nitrogen and oxygen atoms in total. The number of nitrogens with zero attached hydrogens (tertiary/aromatic N) is 3. The van der Waals surface area contributed by atoms with Gasteiger partial charge in [-0.15, -0.1) is 0 Å². The van der Waals surface area contributed by atoms with Crippen LogP contribution in [-0.4, -0.2) is 15.1 Å². The number of thioether (sulfide) groups is 1. The van der Waals surface area contributed by atoms with Gasteiger partial charge >= 0.3 is 0 Å². The van der Waals surface area contributed by atoms with Crippen molar-refractivity contribution in [1.82, 2.24) is 15.1 Å². The zero-order valence-electron chi connectivity index (χ0n) is 13.8. The maximum atomic E-state index is 13.0. The third-order valence-corrected chi connectivity index (χ3v) is 4.66. The molecule has 130 valence electrons. The molecule has 2 heterocycles. The van der Waals surface area contributed by atoms with Crippen LogP contribution in [0.1, 0.15) is 18.1 Å². The highest BCUT2D eigenvalue weighted by Crippen LogP contribution is 2.35. The molecule has 0 fully saturated rings. The second-order valence-electron chi connectivity index (χ2n) is 5.58. The predicted molar refractivity (Wildman–Crippen MR) is 95.9 cm³/mol. The van der Waals surface area contributed by atoms with Crippen LogP contribution in [0.2, 0.25) is 0 Å². The van der Waals surface area contributed by atoms with E-state index in [4.69, 9.17) is 8.94 Å². The summed E-state index contributed by atoms with van der Waals surface area (Å²) in [6.45, 7) is 1.94. The van der Waals surface area contributed by atoms with E-state index in [1.807, 2.05) is 37.3 Å². The van der Waals surface area contributed by atoms with Crippen molar-refractivity contribution in [3.05, 3.63) is 72.5 Å². The fourth-order valence-electron chi connectivity index (χ4n) is 2.37. The Bertz CT molecular complexity index is 999. The zero-order chi connectivity index (χ0) is 17.9. The van der Waals surface area contributed by atoms with Gasteiger partial charge in [0.1, 0.15) is 5.82 Å². The second kappa shape index (κ2) is 7.13. The highest BCUT2D eigenvalue weighted by atomic mass is 32.2. The Balaban J connectivity index is 1.48. The Morgan fingerprint density at radius 2 is 1.77 bits per heavy atom. The molecule has 0 saturated carbocycles. The lowest BCUT2D eigenvalue weighted by Crippen LogP contribution is -1.89. The molecule has 0 radical (unpaired) electrons. The number of aromatic nitrogens is 3. The summed E-state index contributed by atoms with van der Waals surface area (Å²) in [7, 11) is 0. The summed E-state index contributed by atoms with van der Waals surface area (Å²) < 4.78 is 24.1. The number of hydrogen-bond donors (Lipinski definition) is 0. The van der Waals surface area contributed by atoms with Crippen LogP contribution in [0.15, 0.2) is 75.0 Å². The van der Waals surface area contributed by atoms with Crippen LogP contribution in [0.4, 0.5) is 4.39 Å². The van der Waals surface area contributed by atoms with Gasteiger partial charge < -0.3 is 8.94 Å². The molecule has 0 aliphatic rings. The first-order valence-electron chi connectivity index (χ1n) is 7.96. The van der Waals surface area contributed by atoms with Gasteiger partial charge in [0.05, 0.1) is 11.4 Å². The summed E-state index contributed by atoms with van der Waals surface area (Å²) in [6, 6.07) is 15.7. The van der Waals surface area contributed by atoms with Gasteiger partial charge in [-0.25, -0.2) is 9.37 Å². The lowest BCUT2D eigenvalue weighted by molar-refractivity contribution is 0.379. The van der Waals surface area contributed by atoms with E-state index in [0.717, 1.165) is 11.1 Å². The number of hydrogen-bond acceptors (Lipinski definition) is 6. The maximum Gasteiger partial charge on any atom is 0.256 e. The van der Waals surface area contributed by atoms with E-state index in [1.54, 1.807) is 18.3 Å². The Morgan fingerprint density at radius 1 is 1.00 bits per heavy atom. The summed E-state index contributed by atoms with van der Waals surface area (Å²) in [6.07, 6.45) is 1.62. The van der Waals surface area contributed by atoms with Gasteiger partial charge in [-0.1, -0.05) is 47.3 Å². The lowest BCUT2D eigenvalue weighted by Gasteiger charge is -2.01. The fraction of sp³-hybridized carbons (Fsp3) is 0.105. The molecule has 4 aromatic rings. The van der Waals surface area contributed by atoms with Gasteiger partial charge in [0, 0.05) is 11.1 Å². The number of oxazole rings is 1. The van der Waals surface area contributed by atoms with Gasteiger partial charge in [-0.05, 0) is 31.2 Å². The maximum absolute atomic E-state index is 13.0. The Morgan fingerprint density at radius 3 is 2.54 bits per heavy atom. The number of rotatable bonds is 5. The first kappa shape index (κ1) is 16.5. The predicted octanol–water partition coefficient (Wildman–Crippen LogP) is 5.38. The molecule has 26 heavy (non-hydrogen) atoms. The Labute approximate surface area is 153 Å². The summed E-state index contributed by atoms with van der Waals surface area (Å²) in [5.41, 5.74) is 1.66. The molecule has 0 amide bonds. The van der Waals surface area contributed by atoms with Crippen molar-refractivity contribution in [3.8, 4) is 22.7 Å². The SMILES string of the molecule is C[C@@H](Sc1ncc(-c2ccc(F)cc2)o1)c1nc(-c2ccccc2)no1. The van der Waals surface area contributed by atoms with Crippen LogP contribution in [0, 0.1) is 5.82 Å². The van der Waals surface area contributed by atoms with E-state index in [1.165, 1.54) is 23.9 Å². The third kappa shape index (κ3) is 3.52. The van der Waals surface area contributed by atoms with E-state index in [-0.39, 0.29) is 11.1 Å². The minimum absolute atomic E-state index is 0.125. The fourth-order valence-corrected chi connectivity index (χ4v) is 3.12. The molecule has 0 unspecified atom stereocenters. The van der Waals surface area contributed by atoms with Crippen LogP contribution in [0.25, 0.3) is 22.7 Å². The van der Waals surface area contributed by atoms with Gasteiger partial charge in [-0.2, -0.15) is 4.98 Å². The average molecular weight is 367 g/mol. The van der Waals surface area contributed by atoms with Crippen LogP contribution in [-0.2, 0) is 0 Å². The largest absolute Gasteiger partial charge is 0.431 e. The average Bonchev–Trinajstić information content (AvgIpc) is 3.33. The quantitative estimate of drug-likeness (QED) is 0.441. The van der Waals surface area contributed by atoms with Crippen LogP contribution >= 0.6 is 11.8 Å². The molecule has 0 aliphatic heterocycles. The smallest absolute Gasteiger partial charge is 0.256 e. The van der Waals surface area contributed by atoms with Crippen molar-refractivity contribution in [2.24, 2.45) is 0 Å². The Kier molecular flexibility index (Phi) is 4.53. The molecule has 0 bridgehead atoms. The molecule has 7 heteroatoms. The molecule has 4 rings (SSSR count). The van der Waals surface area contributed by atoms with Crippen molar-refractivity contribution in [2.45, 2.75) is 17.4 Å². The third-order valence-electron chi connectivity index (χ3n) is 3.71. The van der Waals surface area contributed by atoms with E-state index >= 15 is 0 Å². The van der Waals surface area contributed by atoms with Crippen LogP contribution < -0.4 is 0 Å². The topological polar surface area (TPSA) is 65.0 Å². The van der Waals surface area contributed by atoms with Crippen LogP contribution in [0.5, 0.6) is 0 Å². The van der Waals surface area contributed by atoms with E-state index in [0.29, 0.717) is 22.7 Å². The molecule has 1 atom stereocenters. The van der Waals surface area contributed by atoms with Crippen molar-refractivity contribution in [1.29, 1.82) is 0 Å². The van der Waals surface area contributed by atoms with Crippen molar-refractivity contribution < 1.29 is 13.3 Å². The highest BCUT2D eigenvalue weighted by Gasteiger charge is 2.19. The van der Waals surface area contributed by atoms with Crippen molar-refractivity contribution in [3.63, 3.8) is 0 Å². The molecular formula is C19H14FN3O2S. The molecule has 0 spiro atoms. The molecule has 0 saturated heterocycles. The standard InChI is InChI=1S/C19H14FN3O2S/c1-12(18-22-17(23-25-18)14-5-3-2-4-6-14)26-19-21-11-16(24-19)13-7-9-15(20)10-8-13/h2-12H,1H3/t12-/m1/s1. The molecular weight excluding hydrogens is 353 g/mol. The second-order valence-corrected chi connectivity index (χ2v) is 6.87. The minimum atomic E-state index is -0.290. The van der Waals surface area contributed by atoms with E-state index in [9.17, 15) is 4.39 Å². The molecule has 0 aliphatic carbocycles. The summed E-state index contributed by atoms with van der Waals surface area (Å²) >= 11 is 1.38. The first-order chi connectivity index (χ1) is 12.7. The van der Waals surface area contributed by atoms with Gasteiger partial charge in [0.25, 0.3) is 5.22 Å². The van der Waals surface area contributed by atoms with Gasteiger partial charge in [-0.3, -0.25) is 0 Å². The highest BCUT2D eigenvalue weighted by molar-refractivity contribution is 7.99. The van der Waals surface area contributed by atoms with Gasteiger partial charge in [0.15, 0.2) is 5.76 Å². The molecule has 2 aromatic carbocycles. The molecule has 0 N–H and O–H groups in total. The lowest BCUT2D eigenvalue weighted by atomic mass is 10.2. The van der Waals surface area contributed by atoms with E-state index < -0.39 is 0 Å². The van der Waals surface area contributed by atoms with Crippen LogP contribution in [0.3, 0.4) is 0 Å². The minimum Gasteiger partial charge on any atom is -0.431 e. The summed E-state index contributed by atoms with van der Waals surface area (Å²) in [4.78, 5) is 8.70. The van der Waals surface area contributed by atoms with E-state index in [2.05, 4.69) is 15.1 Å². The Hall–Kier alpha value is -2.93. The number of halogens is 1. The van der Waals surface area contributed by atoms with Gasteiger partial charge in [0.2, 0.25) is 11.7 Å². The monoisotopic (exact) mass is 367 g/mol. The molecule has 2 aromatic heterocycles. The first-order valence-corrected chi connectivity index (χ1v) is 8.84. The summed E-state index contributed by atoms with van der Waals surface area (Å²) in [5.74, 6) is 1.33. The normalized spacial score (nSPS) is 12.2. The number of benzene rings is 2. The van der Waals surface area contributed by atoms with Crippen molar-refractivity contribution >= 4 is 11.8 Å². The summed E-state index contributed by atoms with van der Waals surface area (Å²) in [5, 5.41) is 4.38.